The molecule has 0 saturated carbocycles. The highest BCUT2D eigenvalue weighted by atomic mass is 16.3. The van der Waals surface area contributed by atoms with Crippen molar-refractivity contribution in [3.8, 4) is 11.8 Å². The van der Waals surface area contributed by atoms with Crippen LogP contribution in [-0.2, 0) is 9.59 Å². The Balaban J connectivity index is 1.52. The predicted molar refractivity (Wildman–Crippen MR) is 111 cm³/mol. The number of hydrogen-bond donors (Lipinski definition) is 4. The van der Waals surface area contributed by atoms with E-state index in [2.05, 4.69) is 17.2 Å². The van der Waals surface area contributed by atoms with Gasteiger partial charge in [0.15, 0.2) is 0 Å². The van der Waals surface area contributed by atoms with Crippen LogP contribution in [0.2, 0.25) is 0 Å². The predicted octanol–water partition coefficient (Wildman–Crippen LogP) is 1.20. The highest BCUT2D eigenvalue weighted by molar-refractivity contribution is 6.07. The van der Waals surface area contributed by atoms with Crippen molar-refractivity contribution < 1.29 is 24.9 Å². The molecule has 2 aliphatic heterocycles. The summed E-state index contributed by atoms with van der Waals surface area (Å²) in [7, 11) is 0. The molecule has 5 atom stereocenters. The molecule has 1 aliphatic carbocycles. The molecule has 2 heterocycles. The van der Waals surface area contributed by atoms with Gasteiger partial charge in [-0.1, -0.05) is 49.7 Å². The van der Waals surface area contributed by atoms with Crippen molar-refractivity contribution >= 4 is 11.8 Å². The van der Waals surface area contributed by atoms with E-state index >= 15 is 0 Å². The molecule has 4 N–H and O–H groups in total. The monoisotopic (exact) mass is 416 g/mol. The van der Waals surface area contributed by atoms with Crippen molar-refractivity contribution in [1.29, 1.82) is 0 Å². The zero-order valence-corrected chi connectivity index (χ0v) is 17.3. The van der Waals surface area contributed by atoms with E-state index in [0.29, 0.717) is 12.8 Å². The second kappa shape index (κ2) is 10.9. The van der Waals surface area contributed by atoms with Gasteiger partial charge in [0.05, 0.1) is 17.9 Å². The molecule has 3 aliphatic rings. The second-order valence-corrected chi connectivity index (χ2v) is 8.25. The fourth-order valence-electron chi connectivity index (χ4n) is 4.33. The molecule has 2 amide bonds. The van der Waals surface area contributed by atoms with Gasteiger partial charge in [-0.3, -0.25) is 19.8 Å². The van der Waals surface area contributed by atoms with Crippen LogP contribution < -0.4 is 5.32 Å². The van der Waals surface area contributed by atoms with E-state index in [1.165, 1.54) is 4.90 Å². The first-order chi connectivity index (χ1) is 14.5. The number of piperidine rings is 1. The number of aliphatic hydroxyl groups excluding tert-OH is 3. The van der Waals surface area contributed by atoms with Crippen LogP contribution in [0.15, 0.2) is 23.8 Å². The summed E-state index contributed by atoms with van der Waals surface area (Å²) in [6.07, 6.45) is 11.3. The minimum absolute atomic E-state index is 0.267. The third kappa shape index (κ3) is 5.38. The summed E-state index contributed by atoms with van der Waals surface area (Å²) >= 11 is 0. The zero-order valence-electron chi connectivity index (χ0n) is 17.3. The Morgan fingerprint density at radius 3 is 2.43 bits per heavy atom. The number of allylic oxidation sites excluding steroid dienone is 2. The first kappa shape index (κ1) is 22.7. The lowest BCUT2D eigenvalue weighted by Crippen LogP contribution is -2.58. The van der Waals surface area contributed by atoms with Crippen LogP contribution in [0.5, 0.6) is 0 Å². The quantitative estimate of drug-likeness (QED) is 0.269. The Kier molecular flexibility index (Phi) is 8.23. The van der Waals surface area contributed by atoms with Crippen molar-refractivity contribution in [2.75, 3.05) is 6.61 Å². The van der Waals surface area contributed by atoms with Gasteiger partial charge in [0.25, 0.3) is 0 Å². The highest BCUT2D eigenvalue weighted by Gasteiger charge is 2.51. The molecule has 2 saturated heterocycles. The van der Waals surface area contributed by atoms with Crippen molar-refractivity contribution in [1.82, 2.24) is 10.2 Å². The number of aliphatic hydroxyl groups is 3. The third-order valence-electron chi connectivity index (χ3n) is 6.01. The lowest BCUT2D eigenvalue weighted by Gasteiger charge is -2.36. The average molecular weight is 417 g/mol. The molecule has 2 fully saturated rings. The van der Waals surface area contributed by atoms with Crippen molar-refractivity contribution in [2.24, 2.45) is 11.8 Å². The summed E-state index contributed by atoms with van der Waals surface area (Å²) in [6.45, 7) is 0.267. The largest absolute Gasteiger partial charge is 0.396 e. The van der Waals surface area contributed by atoms with Crippen molar-refractivity contribution in [3.63, 3.8) is 0 Å². The summed E-state index contributed by atoms with van der Waals surface area (Å²) in [4.78, 5) is 26.9. The maximum Gasteiger partial charge on any atom is 0.237 e. The van der Waals surface area contributed by atoms with Crippen LogP contribution in [0.3, 0.4) is 0 Å². The van der Waals surface area contributed by atoms with Gasteiger partial charge in [-0.05, 0) is 31.8 Å². The van der Waals surface area contributed by atoms with Gasteiger partial charge < -0.3 is 15.3 Å². The molecule has 5 unspecified atom stereocenters. The Labute approximate surface area is 177 Å². The van der Waals surface area contributed by atoms with E-state index in [9.17, 15) is 19.8 Å². The zero-order chi connectivity index (χ0) is 21.5. The molecular formula is C23H32N2O5. The molecule has 7 heteroatoms. The number of unbranched alkanes of at least 4 members (excludes halogenated alkanes) is 6. The number of likely N-dealkylation sites (tertiary alicyclic amines) is 1. The SMILES string of the molecule is O=C1C2C=CC(C#CCCCCCCCCO)=CC2C(=O)N1C1CCC(O)NC1O. The normalized spacial score (nSPS) is 30.7. The maximum atomic E-state index is 12.9. The smallest absolute Gasteiger partial charge is 0.237 e. The first-order valence-electron chi connectivity index (χ1n) is 11.0. The summed E-state index contributed by atoms with van der Waals surface area (Å²) in [5, 5.41) is 31.1. The highest BCUT2D eigenvalue weighted by Crippen LogP contribution is 2.36. The number of nitrogens with zero attached hydrogens (tertiary/aromatic N) is 1. The van der Waals surface area contributed by atoms with E-state index in [-0.39, 0.29) is 18.4 Å². The molecule has 0 spiro atoms. The molecule has 0 aromatic rings. The van der Waals surface area contributed by atoms with E-state index in [4.69, 9.17) is 5.11 Å². The minimum atomic E-state index is -1.13. The van der Waals surface area contributed by atoms with Gasteiger partial charge in [0.2, 0.25) is 11.8 Å². The summed E-state index contributed by atoms with van der Waals surface area (Å²) < 4.78 is 0. The van der Waals surface area contributed by atoms with Crippen LogP contribution in [0.1, 0.15) is 57.8 Å². The minimum Gasteiger partial charge on any atom is -0.396 e. The lowest BCUT2D eigenvalue weighted by atomic mass is 9.88. The van der Waals surface area contributed by atoms with Crippen LogP contribution in [0, 0.1) is 23.7 Å². The number of fused-ring (bicyclic) bond motifs is 1. The number of hydrogen-bond acceptors (Lipinski definition) is 6. The molecule has 0 aromatic heterocycles. The van der Waals surface area contributed by atoms with Gasteiger partial charge in [-0.2, -0.15) is 0 Å². The topological polar surface area (TPSA) is 110 Å². The van der Waals surface area contributed by atoms with Gasteiger partial charge in [-0.15, -0.1) is 0 Å². The maximum absolute atomic E-state index is 12.9. The van der Waals surface area contributed by atoms with E-state index < -0.39 is 30.3 Å². The number of carbonyl (C=O) groups excluding carboxylic acids is 2. The molecule has 3 rings (SSSR count). The Hall–Kier alpha value is -1.98. The van der Waals surface area contributed by atoms with Gasteiger partial charge >= 0.3 is 0 Å². The van der Waals surface area contributed by atoms with Crippen molar-refractivity contribution in [3.05, 3.63) is 23.8 Å². The fourth-order valence-corrected chi connectivity index (χ4v) is 4.33. The lowest BCUT2D eigenvalue weighted by molar-refractivity contribution is -0.149. The molecule has 0 radical (unpaired) electrons. The van der Waals surface area contributed by atoms with Crippen molar-refractivity contribution in [2.45, 2.75) is 76.3 Å². The van der Waals surface area contributed by atoms with Gasteiger partial charge in [0.1, 0.15) is 12.5 Å². The number of rotatable bonds is 8. The number of imide groups is 1. The van der Waals surface area contributed by atoms with E-state index in [0.717, 1.165) is 50.5 Å². The second-order valence-electron chi connectivity index (χ2n) is 8.25. The van der Waals surface area contributed by atoms with Crippen LogP contribution in [0.4, 0.5) is 0 Å². The fraction of sp³-hybridized carbons (Fsp3) is 0.652. The standard InChI is InChI=1S/C23H32N2O5/c26-14-8-6-4-2-1-3-5-7-9-16-10-11-17-18(15-16)23(30)25(22(17)29)19-12-13-20(27)24-21(19)28/h10-11,15,17-21,24,26-28H,1-6,8,12-14H2. The molecule has 0 aromatic carbocycles. The molecule has 30 heavy (non-hydrogen) atoms. The van der Waals surface area contributed by atoms with Crippen LogP contribution in [0.25, 0.3) is 0 Å². The number of carbonyl (C=O) groups is 2. The Morgan fingerprint density at radius 1 is 1.00 bits per heavy atom. The van der Waals surface area contributed by atoms with Crippen LogP contribution in [-0.4, -0.2) is 57.1 Å². The summed E-state index contributed by atoms with van der Waals surface area (Å²) in [6, 6.07) is -0.660. The van der Waals surface area contributed by atoms with Crippen LogP contribution >= 0.6 is 0 Å². The molecule has 7 nitrogen and oxygen atoms in total. The number of nitrogens with one attached hydrogen (secondary N) is 1. The van der Waals surface area contributed by atoms with E-state index in [1.807, 2.05) is 0 Å². The van der Waals surface area contributed by atoms with Gasteiger partial charge in [0, 0.05) is 18.6 Å². The average Bonchev–Trinajstić information content (AvgIpc) is 2.97. The molecule has 0 bridgehead atoms. The molecular weight excluding hydrogens is 384 g/mol. The van der Waals surface area contributed by atoms with Gasteiger partial charge in [-0.25, -0.2) is 0 Å². The van der Waals surface area contributed by atoms with E-state index in [1.54, 1.807) is 18.2 Å². The Bertz CT molecular complexity index is 750. The Morgan fingerprint density at radius 2 is 1.70 bits per heavy atom. The molecule has 164 valence electrons. The summed E-state index contributed by atoms with van der Waals surface area (Å²) in [5.41, 5.74) is 0.750. The third-order valence-corrected chi connectivity index (χ3v) is 6.01. The first-order valence-corrected chi connectivity index (χ1v) is 11.0. The number of amides is 2. The summed E-state index contributed by atoms with van der Waals surface area (Å²) in [5.74, 6) is 4.54.